The maximum absolute atomic E-state index is 5.35. The molecule has 0 bridgehead atoms. The maximum Gasteiger partial charge on any atom is 0.160 e. The highest BCUT2D eigenvalue weighted by atomic mass is 16.5. The highest BCUT2D eigenvalue weighted by molar-refractivity contribution is 5.42. The zero-order chi connectivity index (χ0) is 15.1. The summed E-state index contributed by atoms with van der Waals surface area (Å²) < 4.78 is 15.9. The van der Waals surface area contributed by atoms with Gasteiger partial charge in [0.25, 0.3) is 0 Å². The van der Waals surface area contributed by atoms with Gasteiger partial charge in [-0.2, -0.15) is 0 Å². The van der Waals surface area contributed by atoms with Gasteiger partial charge in [0.2, 0.25) is 0 Å². The summed E-state index contributed by atoms with van der Waals surface area (Å²) in [6.45, 7) is 3.08. The van der Waals surface area contributed by atoms with Gasteiger partial charge in [0, 0.05) is 12.5 Å². The quantitative estimate of drug-likeness (QED) is 0.811. The SMILES string of the molecule is COc1ccc(CCNC(C)Cc2ccco2)cc1OC. The maximum atomic E-state index is 5.35. The minimum Gasteiger partial charge on any atom is -0.493 e. The van der Waals surface area contributed by atoms with E-state index < -0.39 is 0 Å². The largest absolute Gasteiger partial charge is 0.493 e. The predicted octanol–water partition coefficient (Wildman–Crippen LogP) is 3.06. The lowest BCUT2D eigenvalue weighted by molar-refractivity contribution is 0.354. The number of hydrogen-bond acceptors (Lipinski definition) is 4. The van der Waals surface area contributed by atoms with Crippen molar-refractivity contribution < 1.29 is 13.9 Å². The molecule has 1 unspecified atom stereocenters. The van der Waals surface area contributed by atoms with Crippen molar-refractivity contribution in [3.05, 3.63) is 47.9 Å². The summed E-state index contributed by atoms with van der Waals surface area (Å²) in [7, 11) is 3.31. The first-order chi connectivity index (χ1) is 10.2. The Bertz CT molecular complexity index is 537. The second-order valence-corrected chi connectivity index (χ2v) is 5.08. The Morgan fingerprint density at radius 3 is 2.62 bits per heavy atom. The molecule has 0 amide bonds. The third-order valence-corrected chi connectivity index (χ3v) is 3.44. The van der Waals surface area contributed by atoms with Gasteiger partial charge >= 0.3 is 0 Å². The van der Waals surface area contributed by atoms with Gasteiger partial charge in [-0.05, 0) is 49.7 Å². The number of methoxy groups -OCH3 is 2. The van der Waals surface area contributed by atoms with E-state index in [0.717, 1.165) is 36.6 Å². The van der Waals surface area contributed by atoms with E-state index in [9.17, 15) is 0 Å². The van der Waals surface area contributed by atoms with E-state index in [1.807, 2.05) is 24.3 Å². The minimum absolute atomic E-state index is 0.385. The summed E-state index contributed by atoms with van der Waals surface area (Å²) in [6.07, 6.45) is 3.56. The monoisotopic (exact) mass is 289 g/mol. The summed E-state index contributed by atoms with van der Waals surface area (Å²) in [5.41, 5.74) is 1.23. The van der Waals surface area contributed by atoms with Crippen LogP contribution in [0.1, 0.15) is 18.2 Å². The van der Waals surface area contributed by atoms with Crippen LogP contribution in [0.5, 0.6) is 11.5 Å². The summed E-state index contributed by atoms with van der Waals surface area (Å²) in [6, 6.07) is 10.4. The van der Waals surface area contributed by atoms with Crippen LogP contribution in [0, 0.1) is 0 Å². The van der Waals surface area contributed by atoms with Crippen molar-refractivity contribution >= 4 is 0 Å². The zero-order valence-electron chi connectivity index (χ0n) is 12.9. The second kappa shape index (κ2) is 7.74. The number of hydrogen-bond donors (Lipinski definition) is 1. The van der Waals surface area contributed by atoms with Gasteiger partial charge in [-0.15, -0.1) is 0 Å². The fourth-order valence-corrected chi connectivity index (χ4v) is 2.30. The third kappa shape index (κ3) is 4.53. The van der Waals surface area contributed by atoms with Crippen molar-refractivity contribution in [2.45, 2.75) is 25.8 Å². The first kappa shape index (κ1) is 15.4. The van der Waals surface area contributed by atoms with Gasteiger partial charge in [0.1, 0.15) is 5.76 Å². The van der Waals surface area contributed by atoms with E-state index in [2.05, 4.69) is 18.3 Å². The molecule has 0 fully saturated rings. The standard InChI is InChI=1S/C17H23NO3/c1-13(11-15-5-4-10-21-15)18-9-8-14-6-7-16(19-2)17(12-14)20-3/h4-7,10,12-13,18H,8-9,11H2,1-3H3. The molecule has 1 atom stereocenters. The van der Waals surface area contributed by atoms with Crippen LogP contribution < -0.4 is 14.8 Å². The number of benzene rings is 1. The third-order valence-electron chi connectivity index (χ3n) is 3.44. The van der Waals surface area contributed by atoms with Crippen molar-refractivity contribution in [3.8, 4) is 11.5 Å². The van der Waals surface area contributed by atoms with Gasteiger partial charge in [-0.3, -0.25) is 0 Å². The van der Waals surface area contributed by atoms with Crippen LogP contribution in [0.3, 0.4) is 0 Å². The molecule has 2 aromatic rings. The van der Waals surface area contributed by atoms with E-state index in [1.54, 1.807) is 20.5 Å². The molecule has 0 aliphatic carbocycles. The van der Waals surface area contributed by atoms with Gasteiger partial charge in [-0.1, -0.05) is 6.07 Å². The molecule has 0 aliphatic rings. The zero-order valence-corrected chi connectivity index (χ0v) is 12.9. The Morgan fingerprint density at radius 2 is 1.95 bits per heavy atom. The van der Waals surface area contributed by atoms with E-state index in [1.165, 1.54) is 5.56 Å². The molecule has 4 heteroatoms. The summed E-state index contributed by atoms with van der Waals surface area (Å²) in [4.78, 5) is 0. The van der Waals surface area contributed by atoms with Gasteiger partial charge in [0.05, 0.1) is 20.5 Å². The van der Waals surface area contributed by atoms with Crippen LogP contribution in [0.15, 0.2) is 41.0 Å². The van der Waals surface area contributed by atoms with Crippen molar-refractivity contribution in [1.29, 1.82) is 0 Å². The number of ether oxygens (including phenoxy) is 2. The average Bonchev–Trinajstić information content (AvgIpc) is 2.99. The molecular formula is C17H23NO3. The lowest BCUT2D eigenvalue weighted by Crippen LogP contribution is -2.29. The molecule has 1 heterocycles. The van der Waals surface area contributed by atoms with E-state index >= 15 is 0 Å². The molecule has 0 saturated carbocycles. The number of rotatable bonds is 8. The molecule has 4 nitrogen and oxygen atoms in total. The Morgan fingerprint density at radius 1 is 1.14 bits per heavy atom. The second-order valence-electron chi connectivity index (χ2n) is 5.08. The summed E-state index contributed by atoms with van der Waals surface area (Å²) in [5.74, 6) is 2.56. The van der Waals surface area contributed by atoms with Crippen molar-refractivity contribution in [2.24, 2.45) is 0 Å². The summed E-state index contributed by atoms with van der Waals surface area (Å²) in [5, 5.41) is 3.50. The lowest BCUT2D eigenvalue weighted by atomic mass is 10.1. The Balaban J connectivity index is 1.80. The van der Waals surface area contributed by atoms with Crippen molar-refractivity contribution in [3.63, 3.8) is 0 Å². The fraction of sp³-hybridized carbons (Fsp3) is 0.412. The van der Waals surface area contributed by atoms with Crippen LogP contribution in [-0.2, 0) is 12.8 Å². The first-order valence-corrected chi connectivity index (χ1v) is 7.19. The molecule has 1 aromatic carbocycles. The molecule has 0 aliphatic heterocycles. The van der Waals surface area contributed by atoms with Crippen molar-refractivity contribution in [2.75, 3.05) is 20.8 Å². The molecule has 0 radical (unpaired) electrons. The summed E-state index contributed by atoms with van der Waals surface area (Å²) >= 11 is 0. The Labute approximate surface area is 126 Å². The highest BCUT2D eigenvalue weighted by Crippen LogP contribution is 2.27. The number of nitrogens with one attached hydrogen (secondary N) is 1. The van der Waals surface area contributed by atoms with Crippen LogP contribution in [0.4, 0.5) is 0 Å². The number of furan rings is 1. The van der Waals surface area contributed by atoms with E-state index in [0.29, 0.717) is 6.04 Å². The Hall–Kier alpha value is -1.94. The normalized spacial score (nSPS) is 12.1. The van der Waals surface area contributed by atoms with E-state index in [-0.39, 0.29) is 0 Å². The molecule has 1 aromatic heterocycles. The first-order valence-electron chi connectivity index (χ1n) is 7.19. The average molecular weight is 289 g/mol. The lowest BCUT2D eigenvalue weighted by Gasteiger charge is -2.13. The Kier molecular flexibility index (Phi) is 5.69. The predicted molar refractivity (Wildman–Crippen MR) is 83.1 cm³/mol. The fourth-order valence-electron chi connectivity index (χ4n) is 2.30. The van der Waals surface area contributed by atoms with Crippen LogP contribution >= 0.6 is 0 Å². The van der Waals surface area contributed by atoms with Crippen LogP contribution in [0.25, 0.3) is 0 Å². The van der Waals surface area contributed by atoms with Crippen molar-refractivity contribution in [1.82, 2.24) is 5.32 Å². The molecule has 114 valence electrons. The molecular weight excluding hydrogens is 266 g/mol. The molecule has 21 heavy (non-hydrogen) atoms. The van der Waals surface area contributed by atoms with E-state index in [4.69, 9.17) is 13.9 Å². The van der Waals surface area contributed by atoms with Gasteiger partial charge in [0.15, 0.2) is 11.5 Å². The molecule has 0 spiro atoms. The van der Waals surface area contributed by atoms with Gasteiger partial charge < -0.3 is 19.2 Å². The molecule has 0 saturated heterocycles. The van der Waals surface area contributed by atoms with Crippen LogP contribution in [-0.4, -0.2) is 26.8 Å². The highest BCUT2D eigenvalue weighted by Gasteiger charge is 2.07. The molecule has 2 rings (SSSR count). The smallest absolute Gasteiger partial charge is 0.160 e. The van der Waals surface area contributed by atoms with Gasteiger partial charge in [-0.25, -0.2) is 0 Å². The minimum atomic E-state index is 0.385. The topological polar surface area (TPSA) is 43.6 Å². The van der Waals surface area contributed by atoms with Crippen LogP contribution in [0.2, 0.25) is 0 Å². The molecule has 1 N–H and O–H groups in total.